The molecule has 1 amide bonds. The lowest BCUT2D eigenvalue weighted by molar-refractivity contribution is 0.0940. The number of ether oxygens (including phenoxy) is 1. The zero-order chi connectivity index (χ0) is 22.7. The second-order valence-corrected chi connectivity index (χ2v) is 9.19. The van der Waals surface area contributed by atoms with Crippen LogP contribution in [0.25, 0.3) is 11.3 Å². The Morgan fingerprint density at radius 2 is 2.06 bits per heavy atom. The monoisotopic (exact) mass is 468 g/mol. The number of H-pyrrole nitrogens is 1. The van der Waals surface area contributed by atoms with E-state index in [-0.39, 0.29) is 29.0 Å². The van der Waals surface area contributed by atoms with E-state index < -0.39 is 5.82 Å². The molecule has 0 unspecified atom stereocenters. The fourth-order valence-corrected chi connectivity index (χ4v) is 4.71. The van der Waals surface area contributed by atoms with Gasteiger partial charge in [0.2, 0.25) is 5.28 Å². The third-order valence-corrected chi connectivity index (χ3v) is 6.67. The maximum absolute atomic E-state index is 15.9. The number of hydrogen-bond acceptors (Lipinski definition) is 6. The van der Waals surface area contributed by atoms with E-state index in [9.17, 15) is 4.79 Å². The van der Waals surface area contributed by atoms with Crippen molar-refractivity contribution in [2.45, 2.75) is 51.2 Å². The molecule has 0 spiro atoms. The van der Waals surface area contributed by atoms with Crippen LogP contribution in [-0.4, -0.2) is 38.5 Å². The molecular formula is C23H22ClFN6O2. The van der Waals surface area contributed by atoms with E-state index >= 15 is 4.39 Å². The van der Waals surface area contributed by atoms with Crippen molar-refractivity contribution in [2.24, 2.45) is 0 Å². The van der Waals surface area contributed by atoms with Crippen LogP contribution in [0.1, 0.15) is 58.4 Å². The first kappa shape index (κ1) is 20.6. The molecule has 1 atom stereocenters. The molecule has 3 aromatic heterocycles. The second-order valence-electron chi connectivity index (χ2n) is 8.85. The van der Waals surface area contributed by atoms with Gasteiger partial charge in [0.25, 0.3) is 5.91 Å². The van der Waals surface area contributed by atoms with Gasteiger partial charge in [-0.1, -0.05) is 6.92 Å². The van der Waals surface area contributed by atoms with Crippen molar-refractivity contribution < 1.29 is 13.9 Å². The quantitative estimate of drug-likeness (QED) is 0.488. The predicted molar refractivity (Wildman–Crippen MR) is 120 cm³/mol. The van der Waals surface area contributed by atoms with Crippen LogP contribution in [0.2, 0.25) is 5.28 Å². The van der Waals surface area contributed by atoms with E-state index in [1.54, 1.807) is 12.4 Å². The zero-order valence-electron chi connectivity index (χ0n) is 18.0. The molecule has 170 valence electrons. The molecular weight excluding hydrogens is 447 g/mol. The van der Waals surface area contributed by atoms with Gasteiger partial charge in [-0.05, 0) is 48.4 Å². The highest BCUT2D eigenvalue weighted by molar-refractivity contribution is 6.28. The third kappa shape index (κ3) is 3.55. The summed E-state index contributed by atoms with van der Waals surface area (Å²) < 4.78 is 21.7. The van der Waals surface area contributed by atoms with Crippen molar-refractivity contribution in [3.8, 4) is 11.3 Å². The Bertz CT molecular complexity index is 1290. The maximum atomic E-state index is 15.9. The van der Waals surface area contributed by atoms with E-state index in [0.717, 1.165) is 29.7 Å². The van der Waals surface area contributed by atoms with Crippen molar-refractivity contribution in [1.29, 1.82) is 0 Å². The zero-order valence-corrected chi connectivity index (χ0v) is 18.7. The molecule has 2 aliphatic carbocycles. The summed E-state index contributed by atoms with van der Waals surface area (Å²) in [6, 6.07) is 0. The van der Waals surface area contributed by atoms with Crippen LogP contribution in [0.4, 0.5) is 16.0 Å². The maximum Gasteiger partial charge on any atom is 0.253 e. The minimum absolute atomic E-state index is 0.0362. The molecule has 3 N–H and O–H groups in total. The van der Waals surface area contributed by atoms with Gasteiger partial charge in [0, 0.05) is 41.7 Å². The number of carbonyl (C=O) groups is 1. The molecule has 0 aromatic carbocycles. The molecule has 1 saturated carbocycles. The Labute approximate surface area is 194 Å². The molecule has 10 heteroatoms. The van der Waals surface area contributed by atoms with E-state index in [0.29, 0.717) is 54.2 Å². The summed E-state index contributed by atoms with van der Waals surface area (Å²) in [5.74, 6) is -0.0750. The van der Waals surface area contributed by atoms with Gasteiger partial charge in [-0.2, -0.15) is 0 Å². The number of aromatic amines is 1. The van der Waals surface area contributed by atoms with Crippen molar-refractivity contribution in [2.75, 3.05) is 11.9 Å². The first-order valence-electron chi connectivity index (χ1n) is 11.1. The fourth-order valence-electron chi connectivity index (χ4n) is 4.57. The number of anilines is 2. The lowest BCUT2D eigenvalue weighted by Crippen LogP contribution is -2.34. The Kier molecular flexibility index (Phi) is 4.84. The summed E-state index contributed by atoms with van der Waals surface area (Å²) >= 11 is 6.01. The average Bonchev–Trinajstić information content (AvgIpc) is 3.54. The topological polar surface area (TPSA) is 105 Å². The molecule has 0 saturated heterocycles. The van der Waals surface area contributed by atoms with Crippen molar-refractivity contribution >= 4 is 29.1 Å². The van der Waals surface area contributed by atoms with E-state index in [1.807, 2.05) is 6.92 Å². The van der Waals surface area contributed by atoms with Crippen LogP contribution in [0.15, 0.2) is 12.4 Å². The number of amides is 1. The Morgan fingerprint density at radius 1 is 1.21 bits per heavy atom. The van der Waals surface area contributed by atoms with Crippen LogP contribution in [0.5, 0.6) is 0 Å². The lowest BCUT2D eigenvalue weighted by Gasteiger charge is -2.21. The van der Waals surface area contributed by atoms with Gasteiger partial charge in [0.1, 0.15) is 5.82 Å². The Morgan fingerprint density at radius 3 is 2.88 bits per heavy atom. The third-order valence-electron chi connectivity index (χ3n) is 6.48. The average molecular weight is 469 g/mol. The van der Waals surface area contributed by atoms with Gasteiger partial charge in [-0.25, -0.2) is 19.3 Å². The van der Waals surface area contributed by atoms with Crippen LogP contribution < -0.4 is 10.6 Å². The molecule has 0 radical (unpaired) electrons. The highest BCUT2D eigenvalue weighted by Gasteiger charge is 2.34. The summed E-state index contributed by atoms with van der Waals surface area (Å²) in [6.45, 7) is 2.90. The predicted octanol–water partition coefficient (Wildman–Crippen LogP) is 4.03. The molecule has 3 aliphatic rings. The number of aromatic nitrogens is 4. The van der Waals surface area contributed by atoms with Gasteiger partial charge in [0.15, 0.2) is 11.6 Å². The van der Waals surface area contributed by atoms with Gasteiger partial charge in [-0.15, -0.1) is 0 Å². The van der Waals surface area contributed by atoms with Crippen molar-refractivity contribution in [1.82, 2.24) is 25.3 Å². The first-order valence-corrected chi connectivity index (χ1v) is 11.5. The van der Waals surface area contributed by atoms with Crippen molar-refractivity contribution in [3.63, 3.8) is 0 Å². The largest absolute Gasteiger partial charge is 0.373 e. The number of rotatable bonds is 5. The molecule has 6 rings (SSSR count). The van der Waals surface area contributed by atoms with Gasteiger partial charge < -0.3 is 20.4 Å². The molecule has 1 aliphatic heterocycles. The van der Waals surface area contributed by atoms with Gasteiger partial charge >= 0.3 is 0 Å². The summed E-state index contributed by atoms with van der Waals surface area (Å²) in [7, 11) is 0. The number of pyridine rings is 1. The number of hydrogen-bond donors (Lipinski definition) is 3. The van der Waals surface area contributed by atoms with Gasteiger partial charge in [0.05, 0.1) is 24.0 Å². The van der Waals surface area contributed by atoms with Crippen LogP contribution in [0.3, 0.4) is 0 Å². The number of halogens is 2. The number of aryl methyl sites for hydroxylation is 1. The molecule has 0 bridgehead atoms. The molecule has 1 fully saturated rings. The summed E-state index contributed by atoms with van der Waals surface area (Å²) in [6.07, 6.45) is 6.85. The van der Waals surface area contributed by atoms with Crippen molar-refractivity contribution in [3.05, 3.63) is 51.4 Å². The smallest absolute Gasteiger partial charge is 0.253 e. The summed E-state index contributed by atoms with van der Waals surface area (Å²) in [5.41, 5.74) is 4.96. The molecule has 3 aromatic rings. The normalized spacial score (nSPS) is 18.9. The molecule has 4 heterocycles. The van der Waals surface area contributed by atoms with Crippen LogP contribution in [0, 0.1) is 5.82 Å². The number of nitrogens with one attached hydrogen (secondary N) is 3. The minimum atomic E-state index is -0.496. The standard InChI is InChI=1S/C23H22ClFN6O2/c1-10-6-27-22(32)16-14-5-2-11-7-26-21(17(25)15(11)19(14)29-18(10)16)30-20-12(8-28-23(24)31-20)9-33-13-3-4-13/h7-8,10,13,29H,2-6,9H2,1H3,(H,27,32)(H,26,28,30,31)/t10-/m0/s1. The SMILES string of the molecule is C[C@H]1CNC(=O)c2c1[nH]c1c2CCc2cnc(Nc3nc(Cl)ncc3COC3CC3)c(F)c2-1. The van der Waals surface area contributed by atoms with Crippen LogP contribution in [-0.2, 0) is 24.2 Å². The highest BCUT2D eigenvalue weighted by atomic mass is 35.5. The van der Waals surface area contributed by atoms with Gasteiger partial charge in [-0.3, -0.25) is 4.79 Å². The highest BCUT2D eigenvalue weighted by Crippen LogP contribution is 2.42. The molecule has 33 heavy (non-hydrogen) atoms. The fraction of sp³-hybridized carbons (Fsp3) is 0.391. The molecule has 8 nitrogen and oxygen atoms in total. The second kappa shape index (κ2) is 7.78. The number of fused-ring (bicyclic) bond motifs is 5. The Hall–Kier alpha value is -3.04. The Balaban J connectivity index is 1.40. The minimum Gasteiger partial charge on any atom is -0.373 e. The summed E-state index contributed by atoms with van der Waals surface area (Å²) in [5, 5.41) is 5.96. The first-order chi connectivity index (χ1) is 16.0. The number of nitrogens with zero attached hydrogens (tertiary/aromatic N) is 3. The number of carbonyl (C=O) groups excluding carboxylic acids is 1. The van der Waals surface area contributed by atoms with E-state index in [2.05, 4.69) is 30.6 Å². The lowest BCUT2D eigenvalue weighted by atomic mass is 9.87. The van der Waals surface area contributed by atoms with Crippen LogP contribution >= 0.6 is 11.6 Å². The van der Waals surface area contributed by atoms with E-state index in [1.165, 1.54) is 0 Å². The van der Waals surface area contributed by atoms with E-state index in [4.69, 9.17) is 16.3 Å². The summed E-state index contributed by atoms with van der Waals surface area (Å²) in [4.78, 5) is 28.5.